The minimum absolute atomic E-state index is 0.0245. The number of anilines is 2. The first kappa shape index (κ1) is 25.4. The normalized spacial score (nSPS) is 14.9. The number of amides is 3. The number of benzene rings is 1. The molecule has 9 nitrogen and oxygen atoms in total. The summed E-state index contributed by atoms with van der Waals surface area (Å²) in [5, 5.41) is 3.14. The third kappa shape index (κ3) is 5.13. The monoisotopic (exact) mass is 509 g/mol. The predicted octanol–water partition coefficient (Wildman–Crippen LogP) is 4.18. The first-order chi connectivity index (χ1) is 17.2. The van der Waals surface area contributed by atoms with E-state index in [0.717, 1.165) is 54.8 Å². The summed E-state index contributed by atoms with van der Waals surface area (Å²) in [6.45, 7) is 5.68. The molecule has 2 aromatic heterocycles. The molecule has 1 atom stereocenters. The molecule has 3 amide bonds. The molecular weight excluding hydrogens is 478 g/mol. The number of nitrogen functional groups attached to an aromatic ring is 1. The van der Waals surface area contributed by atoms with Crippen LogP contribution in [0.5, 0.6) is 0 Å². The number of aromatic nitrogens is 1. The third-order valence-corrected chi connectivity index (χ3v) is 7.48. The molecule has 4 rings (SSSR count). The van der Waals surface area contributed by atoms with Gasteiger partial charge in [0.15, 0.2) is 11.7 Å². The maximum atomic E-state index is 14.1. The first-order valence-corrected chi connectivity index (χ1v) is 12.8. The molecule has 0 spiro atoms. The summed E-state index contributed by atoms with van der Waals surface area (Å²) >= 11 is 0.779. The van der Waals surface area contributed by atoms with Crippen molar-refractivity contribution in [3.8, 4) is 0 Å². The Balaban J connectivity index is 1.84. The van der Waals surface area contributed by atoms with Crippen LogP contribution in [0, 0.1) is 20.8 Å². The minimum Gasteiger partial charge on any atom is -0.464 e. The van der Waals surface area contributed by atoms with Crippen LogP contribution in [0.15, 0.2) is 34.7 Å². The molecule has 0 aliphatic heterocycles. The second-order valence-corrected chi connectivity index (χ2v) is 10.0. The number of nitrogens with two attached hydrogens (primary N) is 2. The van der Waals surface area contributed by atoms with Crippen LogP contribution in [0.2, 0.25) is 0 Å². The average Bonchev–Trinajstić information content (AvgIpc) is 3.44. The van der Waals surface area contributed by atoms with Gasteiger partial charge in [-0.2, -0.15) is 4.37 Å². The Labute approximate surface area is 214 Å². The number of furan rings is 1. The lowest BCUT2D eigenvalue weighted by Crippen LogP contribution is -2.47. The number of rotatable bonds is 7. The highest BCUT2D eigenvalue weighted by Crippen LogP contribution is 2.35. The SMILES string of the molecule is Cc1ccc([C@@H](C(=O)NC2CCCCC2)N(C(=O)c2snc(C(N)=O)c2N)c2ccc(C)c(C)c2)o1. The Bertz CT molecular complexity index is 1290. The van der Waals surface area contributed by atoms with Gasteiger partial charge in [0.25, 0.3) is 17.7 Å². The Morgan fingerprint density at radius 1 is 1.08 bits per heavy atom. The van der Waals surface area contributed by atoms with Crippen LogP contribution in [0.1, 0.15) is 81.0 Å². The van der Waals surface area contributed by atoms with E-state index >= 15 is 0 Å². The zero-order valence-electron chi connectivity index (χ0n) is 20.7. The molecule has 1 saturated carbocycles. The molecule has 36 heavy (non-hydrogen) atoms. The average molecular weight is 510 g/mol. The molecule has 10 heteroatoms. The number of primary amides is 1. The van der Waals surface area contributed by atoms with Gasteiger partial charge in [0, 0.05) is 11.7 Å². The van der Waals surface area contributed by atoms with E-state index in [1.807, 2.05) is 26.0 Å². The Kier molecular flexibility index (Phi) is 7.44. The van der Waals surface area contributed by atoms with Gasteiger partial charge in [0.1, 0.15) is 16.4 Å². The second kappa shape index (κ2) is 10.5. The van der Waals surface area contributed by atoms with Crippen molar-refractivity contribution in [3.63, 3.8) is 0 Å². The lowest BCUT2D eigenvalue weighted by molar-refractivity contribution is -0.123. The van der Waals surface area contributed by atoms with Gasteiger partial charge in [-0.1, -0.05) is 25.3 Å². The zero-order chi connectivity index (χ0) is 26.0. The van der Waals surface area contributed by atoms with E-state index in [9.17, 15) is 14.4 Å². The molecule has 1 aliphatic carbocycles. The number of aryl methyl sites for hydroxylation is 3. The number of hydrogen-bond acceptors (Lipinski definition) is 7. The fraction of sp³-hybridized carbons (Fsp3) is 0.385. The smallest absolute Gasteiger partial charge is 0.273 e. The van der Waals surface area contributed by atoms with Gasteiger partial charge in [-0.15, -0.1) is 0 Å². The van der Waals surface area contributed by atoms with Crippen molar-refractivity contribution < 1.29 is 18.8 Å². The molecule has 5 N–H and O–H groups in total. The first-order valence-electron chi connectivity index (χ1n) is 12.0. The number of nitrogens with one attached hydrogen (secondary N) is 1. The molecule has 1 aromatic carbocycles. The van der Waals surface area contributed by atoms with Crippen molar-refractivity contribution in [2.75, 3.05) is 10.6 Å². The summed E-state index contributed by atoms with van der Waals surface area (Å²) in [5.41, 5.74) is 13.7. The molecule has 0 saturated heterocycles. The summed E-state index contributed by atoms with van der Waals surface area (Å²) < 4.78 is 9.89. The van der Waals surface area contributed by atoms with Crippen LogP contribution in [0.25, 0.3) is 0 Å². The highest BCUT2D eigenvalue weighted by Gasteiger charge is 2.38. The molecule has 3 aromatic rings. The summed E-state index contributed by atoms with van der Waals surface area (Å²) in [6.07, 6.45) is 5.01. The van der Waals surface area contributed by atoms with Crippen molar-refractivity contribution >= 4 is 40.6 Å². The molecular formula is C26H31N5O4S. The Morgan fingerprint density at radius 3 is 2.39 bits per heavy atom. The summed E-state index contributed by atoms with van der Waals surface area (Å²) in [5.74, 6) is -0.805. The molecule has 2 heterocycles. The molecule has 1 aliphatic rings. The predicted molar refractivity (Wildman–Crippen MR) is 139 cm³/mol. The lowest BCUT2D eigenvalue weighted by Gasteiger charge is -2.32. The van der Waals surface area contributed by atoms with Crippen LogP contribution in [-0.2, 0) is 4.79 Å². The van der Waals surface area contributed by atoms with Crippen molar-refractivity contribution in [2.24, 2.45) is 5.73 Å². The van der Waals surface area contributed by atoms with E-state index < -0.39 is 17.9 Å². The fourth-order valence-corrected chi connectivity index (χ4v) is 5.24. The number of carbonyl (C=O) groups is 3. The minimum atomic E-state index is -1.10. The summed E-state index contributed by atoms with van der Waals surface area (Å²) in [7, 11) is 0. The maximum absolute atomic E-state index is 14.1. The fourth-order valence-electron chi connectivity index (χ4n) is 4.50. The molecule has 0 radical (unpaired) electrons. The van der Waals surface area contributed by atoms with Crippen molar-refractivity contribution in [1.29, 1.82) is 0 Å². The van der Waals surface area contributed by atoms with E-state index in [-0.39, 0.29) is 28.2 Å². The highest BCUT2D eigenvalue weighted by molar-refractivity contribution is 7.09. The van der Waals surface area contributed by atoms with Gasteiger partial charge in [-0.25, -0.2) is 0 Å². The van der Waals surface area contributed by atoms with Crippen LogP contribution in [0.4, 0.5) is 11.4 Å². The van der Waals surface area contributed by atoms with Crippen LogP contribution >= 0.6 is 11.5 Å². The quantitative estimate of drug-likeness (QED) is 0.436. The summed E-state index contributed by atoms with van der Waals surface area (Å²) in [4.78, 5) is 41.0. The highest BCUT2D eigenvalue weighted by atomic mass is 32.1. The van der Waals surface area contributed by atoms with Crippen LogP contribution in [0.3, 0.4) is 0 Å². The lowest BCUT2D eigenvalue weighted by atomic mass is 9.95. The second-order valence-electron chi connectivity index (χ2n) is 9.28. The van der Waals surface area contributed by atoms with Gasteiger partial charge >= 0.3 is 0 Å². The topological polar surface area (TPSA) is 145 Å². The van der Waals surface area contributed by atoms with Gasteiger partial charge in [-0.05, 0) is 80.5 Å². The standard InChI is InChI=1S/C26H31N5O4S/c1-14-9-11-18(13-15(14)2)31(26(34)23-20(27)21(24(28)32)30-36-23)22(19-12-10-16(3)35-19)25(33)29-17-7-5-4-6-8-17/h9-13,17,22H,4-8,27H2,1-3H3,(H2,28,32)(H,29,33)/t22-/m0/s1. The van der Waals surface area contributed by atoms with Crippen molar-refractivity contribution in [2.45, 2.75) is 65.0 Å². The van der Waals surface area contributed by atoms with Crippen LogP contribution < -0.4 is 21.7 Å². The molecule has 190 valence electrons. The van der Waals surface area contributed by atoms with Crippen LogP contribution in [-0.4, -0.2) is 28.1 Å². The molecule has 0 unspecified atom stereocenters. The number of carbonyl (C=O) groups excluding carboxylic acids is 3. The van der Waals surface area contributed by atoms with E-state index in [1.54, 1.807) is 25.1 Å². The van der Waals surface area contributed by atoms with Gasteiger partial charge in [-0.3, -0.25) is 19.3 Å². The van der Waals surface area contributed by atoms with Crippen molar-refractivity contribution in [3.05, 3.63) is 63.6 Å². The molecule has 0 bridgehead atoms. The van der Waals surface area contributed by atoms with Gasteiger partial charge < -0.3 is 21.2 Å². The van der Waals surface area contributed by atoms with E-state index in [1.165, 1.54) is 4.90 Å². The zero-order valence-corrected chi connectivity index (χ0v) is 21.5. The van der Waals surface area contributed by atoms with E-state index in [4.69, 9.17) is 15.9 Å². The Hall–Kier alpha value is -3.66. The van der Waals surface area contributed by atoms with Crippen molar-refractivity contribution in [1.82, 2.24) is 9.69 Å². The van der Waals surface area contributed by atoms with E-state index in [2.05, 4.69) is 9.69 Å². The number of hydrogen-bond donors (Lipinski definition) is 3. The third-order valence-electron chi connectivity index (χ3n) is 6.63. The number of nitrogens with zero attached hydrogens (tertiary/aromatic N) is 2. The Morgan fingerprint density at radius 2 is 1.81 bits per heavy atom. The van der Waals surface area contributed by atoms with Gasteiger partial charge in [0.2, 0.25) is 0 Å². The summed E-state index contributed by atoms with van der Waals surface area (Å²) in [6, 6.07) is 7.89. The van der Waals surface area contributed by atoms with E-state index in [0.29, 0.717) is 17.2 Å². The maximum Gasteiger partial charge on any atom is 0.273 e. The largest absolute Gasteiger partial charge is 0.464 e. The molecule has 1 fully saturated rings. The van der Waals surface area contributed by atoms with Gasteiger partial charge in [0.05, 0.1) is 5.69 Å².